The lowest BCUT2D eigenvalue weighted by Gasteiger charge is -2.29. The van der Waals surface area contributed by atoms with Crippen molar-refractivity contribution in [1.82, 2.24) is 10.6 Å². The number of hydrogen-bond acceptors (Lipinski definition) is 2. The SMILES string of the molecule is O=C(NC1CNCc2ccccc21)C1CCCCC1. The van der Waals surface area contributed by atoms with Gasteiger partial charge in [0, 0.05) is 19.0 Å². The Kier molecular flexibility index (Phi) is 3.83. The molecule has 1 heterocycles. The largest absolute Gasteiger partial charge is 0.348 e. The third kappa shape index (κ3) is 2.81. The summed E-state index contributed by atoms with van der Waals surface area (Å²) in [4.78, 5) is 12.3. The van der Waals surface area contributed by atoms with Gasteiger partial charge in [0.25, 0.3) is 0 Å². The molecule has 0 aromatic heterocycles. The first kappa shape index (κ1) is 12.7. The van der Waals surface area contributed by atoms with Gasteiger partial charge < -0.3 is 10.6 Å². The fourth-order valence-electron chi connectivity index (χ4n) is 3.28. The second-order valence-electron chi connectivity index (χ2n) is 5.73. The van der Waals surface area contributed by atoms with Crippen molar-refractivity contribution < 1.29 is 4.79 Å². The Balaban J connectivity index is 1.68. The van der Waals surface area contributed by atoms with Crippen LogP contribution in [0.2, 0.25) is 0 Å². The number of nitrogens with one attached hydrogen (secondary N) is 2. The molecule has 1 amide bonds. The van der Waals surface area contributed by atoms with E-state index < -0.39 is 0 Å². The molecule has 1 unspecified atom stereocenters. The molecule has 2 N–H and O–H groups in total. The van der Waals surface area contributed by atoms with Crippen molar-refractivity contribution in [3.63, 3.8) is 0 Å². The monoisotopic (exact) mass is 258 g/mol. The zero-order valence-corrected chi connectivity index (χ0v) is 11.3. The van der Waals surface area contributed by atoms with Crippen LogP contribution in [-0.2, 0) is 11.3 Å². The van der Waals surface area contributed by atoms with E-state index >= 15 is 0 Å². The van der Waals surface area contributed by atoms with Gasteiger partial charge >= 0.3 is 0 Å². The predicted molar refractivity (Wildman–Crippen MR) is 75.6 cm³/mol. The maximum Gasteiger partial charge on any atom is 0.223 e. The van der Waals surface area contributed by atoms with Gasteiger partial charge in [0.05, 0.1) is 6.04 Å². The van der Waals surface area contributed by atoms with Crippen molar-refractivity contribution in [2.24, 2.45) is 5.92 Å². The highest BCUT2D eigenvalue weighted by atomic mass is 16.1. The highest BCUT2D eigenvalue weighted by Gasteiger charge is 2.26. The van der Waals surface area contributed by atoms with Crippen molar-refractivity contribution >= 4 is 5.91 Å². The predicted octanol–water partition coefficient (Wildman–Crippen LogP) is 2.53. The highest BCUT2D eigenvalue weighted by Crippen LogP contribution is 2.26. The third-order valence-electron chi connectivity index (χ3n) is 4.39. The van der Waals surface area contributed by atoms with E-state index in [0.29, 0.717) is 0 Å². The summed E-state index contributed by atoms with van der Waals surface area (Å²) >= 11 is 0. The molecule has 102 valence electrons. The molecule has 0 saturated heterocycles. The first-order valence-electron chi connectivity index (χ1n) is 7.43. The standard InChI is InChI=1S/C16H22N2O/c19-16(12-6-2-1-3-7-12)18-15-11-17-10-13-8-4-5-9-14(13)15/h4-5,8-9,12,15,17H,1-3,6-7,10-11H2,(H,18,19). The van der Waals surface area contributed by atoms with E-state index in [1.165, 1.54) is 30.4 Å². The summed E-state index contributed by atoms with van der Waals surface area (Å²) in [5.74, 6) is 0.492. The summed E-state index contributed by atoms with van der Waals surface area (Å²) in [5.41, 5.74) is 2.59. The van der Waals surface area contributed by atoms with Gasteiger partial charge in [0.15, 0.2) is 0 Å². The van der Waals surface area contributed by atoms with E-state index in [-0.39, 0.29) is 17.9 Å². The summed E-state index contributed by atoms with van der Waals surface area (Å²) in [7, 11) is 0. The summed E-state index contributed by atoms with van der Waals surface area (Å²) in [6.07, 6.45) is 5.83. The van der Waals surface area contributed by atoms with E-state index in [1.807, 2.05) is 0 Å². The van der Waals surface area contributed by atoms with Gasteiger partial charge in [0.2, 0.25) is 5.91 Å². The smallest absolute Gasteiger partial charge is 0.223 e. The maximum atomic E-state index is 12.3. The molecule has 0 radical (unpaired) electrons. The topological polar surface area (TPSA) is 41.1 Å². The summed E-state index contributed by atoms with van der Waals surface area (Å²) in [5, 5.41) is 6.63. The lowest BCUT2D eigenvalue weighted by molar-refractivity contribution is -0.126. The van der Waals surface area contributed by atoms with Crippen LogP contribution in [0.1, 0.15) is 49.3 Å². The van der Waals surface area contributed by atoms with E-state index in [1.54, 1.807) is 0 Å². The molecule has 3 rings (SSSR count). The van der Waals surface area contributed by atoms with Gasteiger partial charge in [-0.05, 0) is 24.0 Å². The molecule has 1 aliphatic carbocycles. The Hall–Kier alpha value is -1.35. The van der Waals surface area contributed by atoms with E-state index in [0.717, 1.165) is 25.9 Å². The van der Waals surface area contributed by atoms with Crippen LogP contribution in [0.15, 0.2) is 24.3 Å². The molecule has 19 heavy (non-hydrogen) atoms. The molecule has 3 nitrogen and oxygen atoms in total. The second kappa shape index (κ2) is 5.74. The summed E-state index contributed by atoms with van der Waals surface area (Å²) in [6, 6.07) is 8.54. The lowest BCUT2D eigenvalue weighted by atomic mass is 9.88. The molecule has 2 aliphatic rings. The van der Waals surface area contributed by atoms with Crippen LogP contribution in [0, 0.1) is 5.92 Å². The van der Waals surface area contributed by atoms with Gasteiger partial charge in [-0.15, -0.1) is 0 Å². The van der Waals surface area contributed by atoms with Gasteiger partial charge in [-0.25, -0.2) is 0 Å². The number of carbonyl (C=O) groups excluding carboxylic acids is 1. The lowest BCUT2D eigenvalue weighted by Crippen LogP contribution is -2.42. The first-order chi connectivity index (χ1) is 9.34. The molecule has 1 aromatic rings. The van der Waals surface area contributed by atoms with Crippen molar-refractivity contribution in [3.05, 3.63) is 35.4 Å². The maximum absolute atomic E-state index is 12.3. The number of amides is 1. The first-order valence-corrected chi connectivity index (χ1v) is 7.43. The second-order valence-corrected chi connectivity index (χ2v) is 5.73. The van der Waals surface area contributed by atoms with Crippen LogP contribution in [0.25, 0.3) is 0 Å². The minimum atomic E-state index is 0.138. The van der Waals surface area contributed by atoms with Crippen molar-refractivity contribution in [3.8, 4) is 0 Å². The Bertz CT molecular complexity index is 452. The number of carbonyl (C=O) groups is 1. The van der Waals surface area contributed by atoms with Crippen molar-refractivity contribution in [2.45, 2.75) is 44.7 Å². The van der Waals surface area contributed by atoms with E-state index in [4.69, 9.17) is 0 Å². The van der Waals surface area contributed by atoms with E-state index in [9.17, 15) is 4.79 Å². The normalized spacial score (nSPS) is 23.7. The Labute approximate surface area is 114 Å². The minimum absolute atomic E-state index is 0.138. The number of fused-ring (bicyclic) bond motifs is 1. The number of hydrogen-bond donors (Lipinski definition) is 2. The third-order valence-corrected chi connectivity index (χ3v) is 4.39. The average molecular weight is 258 g/mol. The average Bonchev–Trinajstić information content (AvgIpc) is 2.48. The molecule has 0 bridgehead atoms. The molecule has 0 spiro atoms. The molecule has 1 aromatic carbocycles. The van der Waals surface area contributed by atoms with Gasteiger partial charge in [0.1, 0.15) is 0 Å². The molecule has 1 saturated carbocycles. The van der Waals surface area contributed by atoms with Crippen LogP contribution >= 0.6 is 0 Å². The summed E-state index contributed by atoms with van der Waals surface area (Å²) in [6.45, 7) is 1.75. The van der Waals surface area contributed by atoms with Gasteiger partial charge in [-0.1, -0.05) is 43.5 Å². The molecular weight excluding hydrogens is 236 g/mol. The fraction of sp³-hybridized carbons (Fsp3) is 0.562. The molecule has 1 fully saturated rings. The Morgan fingerprint density at radius 3 is 2.79 bits per heavy atom. The quantitative estimate of drug-likeness (QED) is 0.856. The Morgan fingerprint density at radius 1 is 1.16 bits per heavy atom. The molecule has 1 atom stereocenters. The molecule has 3 heteroatoms. The van der Waals surface area contributed by atoms with Crippen LogP contribution in [0.4, 0.5) is 0 Å². The molecule has 1 aliphatic heterocycles. The van der Waals surface area contributed by atoms with Gasteiger partial charge in [-0.3, -0.25) is 4.79 Å². The Morgan fingerprint density at radius 2 is 1.95 bits per heavy atom. The minimum Gasteiger partial charge on any atom is -0.348 e. The highest BCUT2D eigenvalue weighted by molar-refractivity contribution is 5.79. The fourth-order valence-corrected chi connectivity index (χ4v) is 3.28. The summed E-state index contributed by atoms with van der Waals surface area (Å²) < 4.78 is 0. The van der Waals surface area contributed by atoms with Crippen molar-refractivity contribution in [2.75, 3.05) is 6.54 Å². The van der Waals surface area contributed by atoms with Crippen LogP contribution in [0.3, 0.4) is 0 Å². The van der Waals surface area contributed by atoms with Crippen molar-refractivity contribution in [1.29, 1.82) is 0 Å². The van der Waals surface area contributed by atoms with Crippen LogP contribution in [0.5, 0.6) is 0 Å². The van der Waals surface area contributed by atoms with Crippen LogP contribution < -0.4 is 10.6 Å². The number of rotatable bonds is 2. The number of benzene rings is 1. The zero-order chi connectivity index (χ0) is 13.1. The van der Waals surface area contributed by atoms with Gasteiger partial charge in [-0.2, -0.15) is 0 Å². The van der Waals surface area contributed by atoms with Crippen LogP contribution in [-0.4, -0.2) is 12.5 Å². The zero-order valence-electron chi connectivity index (χ0n) is 11.3. The molecular formula is C16H22N2O. The van der Waals surface area contributed by atoms with E-state index in [2.05, 4.69) is 34.9 Å².